The van der Waals surface area contributed by atoms with Gasteiger partial charge in [-0.1, -0.05) is 59.7 Å². The van der Waals surface area contributed by atoms with E-state index in [9.17, 15) is 9.59 Å². The predicted molar refractivity (Wildman–Crippen MR) is 117 cm³/mol. The molecule has 0 spiro atoms. The smallest absolute Gasteiger partial charge is 0.323 e. The molecule has 0 aromatic heterocycles. The molecule has 0 aliphatic carbocycles. The number of ether oxygens (including phenoxy) is 1. The Balaban J connectivity index is 2.16. The van der Waals surface area contributed by atoms with E-state index >= 15 is 0 Å². The van der Waals surface area contributed by atoms with Crippen molar-refractivity contribution in [2.75, 3.05) is 6.61 Å². The van der Waals surface area contributed by atoms with E-state index in [1.165, 1.54) is 11.8 Å². The maximum Gasteiger partial charge on any atom is 0.323 e. The van der Waals surface area contributed by atoms with Crippen molar-refractivity contribution < 1.29 is 18.8 Å². The molecule has 1 unspecified atom stereocenters. The summed E-state index contributed by atoms with van der Waals surface area (Å²) < 4.78 is 11.5. The Hall–Kier alpha value is -1.11. The summed E-state index contributed by atoms with van der Waals surface area (Å²) in [6, 6.07) is 9.73. The average molecular weight is 423 g/mol. The van der Waals surface area contributed by atoms with Crippen molar-refractivity contribution in [1.82, 2.24) is 0 Å². The molecule has 1 heterocycles. The highest BCUT2D eigenvalue weighted by molar-refractivity contribution is 8.01. The molecule has 4 nitrogen and oxygen atoms in total. The molecule has 1 saturated heterocycles. The molecule has 0 saturated carbocycles. The maximum absolute atomic E-state index is 12.8. The maximum atomic E-state index is 12.8. The van der Waals surface area contributed by atoms with Gasteiger partial charge >= 0.3 is 5.97 Å². The summed E-state index contributed by atoms with van der Waals surface area (Å²) >= 11 is 1.44. The van der Waals surface area contributed by atoms with Crippen LogP contribution in [0, 0.1) is 0 Å². The first-order valence-electron chi connectivity index (χ1n) is 10.2. The second-order valence-corrected chi connectivity index (χ2v) is 15.6. The molecule has 0 N–H and O–H groups in total. The van der Waals surface area contributed by atoms with Crippen LogP contribution in [0.15, 0.2) is 35.2 Å². The van der Waals surface area contributed by atoms with Crippen LogP contribution in [-0.4, -0.2) is 38.0 Å². The van der Waals surface area contributed by atoms with Crippen molar-refractivity contribution in [2.24, 2.45) is 0 Å². The quantitative estimate of drug-likeness (QED) is 0.278. The molecule has 1 fully saturated rings. The number of thioether (sulfide) groups is 1. The van der Waals surface area contributed by atoms with Crippen molar-refractivity contribution >= 4 is 32.3 Å². The molecule has 156 valence electrons. The number of hydrogen-bond donors (Lipinski definition) is 0. The monoisotopic (exact) mass is 422 g/mol. The lowest BCUT2D eigenvalue weighted by atomic mass is 10.0. The minimum absolute atomic E-state index is 0.156. The third kappa shape index (κ3) is 4.71. The van der Waals surface area contributed by atoms with E-state index < -0.39 is 13.1 Å². The Labute approximate surface area is 174 Å². The van der Waals surface area contributed by atoms with Gasteiger partial charge in [0.15, 0.2) is 0 Å². The number of hydrogen-bond acceptors (Lipinski definition) is 5. The van der Waals surface area contributed by atoms with Crippen LogP contribution in [0.25, 0.3) is 0 Å². The highest BCUT2D eigenvalue weighted by Gasteiger charge is 2.51. The van der Waals surface area contributed by atoms with Crippen molar-refractivity contribution in [2.45, 2.75) is 86.8 Å². The van der Waals surface area contributed by atoms with E-state index in [1.807, 2.05) is 30.3 Å². The average Bonchev–Trinajstić information content (AvgIpc) is 2.91. The molecule has 1 aliphatic rings. The van der Waals surface area contributed by atoms with Crippen molar-refractivity contribution in [3.8, 4) is 0 Å². The van der Waals surface area contributed by atoms with Gasteiger partial charge in [0.25, 0.3) is 0 Å². The van der Waals surface area contributed by atoms with Crippen molar-refractivity contribution in [1.29, 1.82) is 0 Å². The third-order valence-electron chi connectivity index (χ3n) is 5.90. The summed E-state index contributed by atoms with van der Waals surface area (Å²) in [6.45, 7) is 13.9. The number of cyclic esters (lactones) is 1. The summed E-state index contributed by atoms with van der Waals surface area (Å²) in [5.74, 6) is -0.298. The van der Waals surface area contributed by atoms with Gasteiger partial charge in [0.2, 0.25) is 8.32 Å². The SMILES string of the molecule is CC(C)[Si](OC[C@@H]1CC(CC=O)(Sc2ccccc2)C(=O)O1)(C(C)C)C(C)C. The van der Waals surface area contributed by atoms with E-state index in [1.54, 1.807) is 0 Å². The second-order valence-electron chi connectivity index (χ2n) is 8.64. The number of aldehydes is 1. The zero-order valence-electron chi connectivity index (χ0n) is 17.9. The van der Waals surface area contributed by atoms with Crippen LogP contribution in [0.3, 0.4) is 0 Å². The molecule has 0 bridgehead atoms. The molecular weight excluding hydrogens is 388 g/mol. The Morgan fingerprint density at radius 3 is 2.21 bits per heavy atom. The Kier molecular flexibility index (Phi) is 7.94. The molecule has 6 heteroatoms. The number of carbonyl (C=O) groups excluding carboxylic acids is 2. The third-order valence-corrected chi connectivity index (χ3v) is 13.4. The predicted octanol–water partition coefficient (Wildman–Crippen LogP) is 5.61. The molecule has 2 atom stereocenters. The summed E-state index contributed by atoms with van der Waals surface area (Å²) in [5.41, 5.74) is 1.43. The summed E-state index contributed by atoms with van der Waals surface area (Å²) in [6.07, 6.45) is 1.19. The van der Waals surface area contributed by atoms with Gasteiger partial charge in [-0.15, -0.1) is 11.8 Å². The van der Waals surface area contributed by atoms with Crippen LogP contribution in [0.4, 0.5) is 0 Å². The zero-order valence-corrected chi connectivity index (χ0v) is 19.8. The standard InChI is InChI=1S/C22H34O4SSi/c1-16(2)28(17(3)4,18(5)6)25-15-19-14-22(12-13-23,21(24)26-19)27-20-10-8-7-9-11-20/h7-11,13,16-19H,12,14-15H2,1-6H3/t19-,22?/m0/s1. The van der Waals surface area contributed by atoms with Crippen LogP contribution in [0.5, 0.6) is 0 Å². The lowest BCUT2D eigenvalue weighted by Gasteiger charge is -2.42. The minimum Gasteiger partial charge on any atom is -0.459 e. The number of benzene rings is 1. The van der Waals surface area contributed by atoms with Crippen LogP contribution >= 0.6 is 11.8 Å². The van der Waals surface area contributed by atoms with Gasteiger partial charge < -0.3 is 14.0 Å². The minimum atomic E-state index is -2.02. The zero-order chi connectivity index (χ0) is 20.9. The Bertz CT molecular complexity index is 640. The lowest BCUT2D eigenvalue weighted by Crippen LogP contribution is -2.49. The summed E-state index contributed by atoms with van der Waals surface area (Å²) in [5, 5.41) is 0. The second kappa shape index (κ2) is 9.59. The molecule has 28 heavy (non-hydrogen) atoms. The molecule has 1 aromatic rings. The van der Waals surface area contributed by atoms with Crippen molar-refractivity contribution in [3.63, 3.8) is 0 Å². The van der Waals surface area contributed by atoms with E-state index in [0.29, 0.717) is 29.7 Å². The molecule has 1 aliphatic heterocycles. The van der Waals surface area contributed by atoms with Gasteiger partial charge in [-0.05, 0) is 28.8 Å². The first kappa shape index (κ1) is 23.2. The molecular formula is C22H34O4SSi. The van der Waals surface area contributed by atoms with Crippen molar-refractivity contribution in [3.05, 3.63) is 30.3 Å². The van der Waals surface area contributed by atoms with E-state index in [0.717, 1.165) is 11.2 Å². The molecule has 0 amide bonds. The van der Waals surface area contributed by atoms with E-state index in [-0.39, 0.29) is 18.5 Å². The van der Waals surface area contributed by atoms with Gasteiger partial charge in [-0.3, -0.25) is 4.79 Å². The van der Waals surface area contributed by atoms with Gasteiger partial charge in [0.1, 0.15) is 17.1 Å². The fourth-order valence-electron chi connectivity index (χ4n) is 4.72. The van der Waals surface area contributed by atoms with Gasteiger partial charge in [-0.25, -0.2) is 0 Å². The molecule has 1 aromatic carbocycles. The van der Waals surface area contributed by atoms with Crippen LogP contribution in [-0.2, 0) is 18.8 Å². The van der Waals surface area contributed by atoms with E-state index in [4.69, 9.17) is 9.16 Å². The first-order chi connectivity index (χ1) is 13.2. The fraction of sp³-hybridized carbons (Fsp3) is 0.636. The molecule has 0 radical (unpaired) electrons. The highest BCUT2D eigenvalue weighted by atomic mass is 32.2. The van der Waals surface area contributed by atoms with E-state index in [2.05, 4.69) is 41.5 Å². The summed E-state index contributed by atoms with van der Waals surface area (Å²) in [4.78, 5) is 25.1. The van der Waals surface area contributed by atoms with Gasteiger partial charge in [0.05, 0.1) is 6.61 Å². The topological polar surface area (TPSA) is 52.6 Å². The van der Waals surface area contributed by atoms with Crippen LogP contribution in [0.2, 0.25) is 16.6 Å². The lowest BCUT2D eigenvalue weighted by molar-refractivity contribution is -0.144. The Morgan fingerprint density at radius 2 is 1.71 bits per heavy atom. The normalized spacial score (nSPS) is 22.9. The summed E-state index contributed by atoms with van der Waals surface area (Å²) in [7, 11) is -2.02. The molecule has 2 rings (SSSR count). The number of esters is 1. The Morgan fingerprint density at radius 1 is 1.14 bits per heavy atom. The highest BCUT2D eigenvalue weighted by Crippen LogP contribution is 2.46. The van der Waals surface area contributed by atoms with Gasteiger partial charge in [0, 0.05) is 17.7 Å². The largest absolute Gasteiger partial charge is 0.459 e. The van der Waals surface area contributed by atoms with Crippen LogP contribution < -0.4 is 0 Å². The number of carbonyl (C=O) groups is 2. The fourth-order valence-corrected chi connectivity index (χ4v) is 11.5. The van der Waals surface area contributed by atoms with Gasteiger partial charge in [-0.2, -0.15) is 0 Å². The number of rotatable bonds is 10. The van der Waals surface area contributed by atoms with Crippen LogP contribution in [0.1, 0.15) is 54.4 Å². The first-order valence-corrected chi connectivity index (χ1v) is 13.2.